The molecular formula is C9H8N4O3. The smallest absolute Gasteiger partial charge is 0.280 e. The Hall–Kier alpha value is -2.28. The maximum atomic E-state index is 10.8. The highest BCUT2D eigenvalue weighted by Gasteiger charge is 2.18. The first-order valence-corrected chi connectivity index (χ1v) is 4.49. The second-order valence-electron chi connectivity index (χ2n) is 2.99. The van der Waals surface area contributed by atoms with Crippen molar-refractivity contribution in [2.75, 3.05) is 0 Å². The van der Waals surface area contributed by atoms with Crippen LogP contribution in [-0.2, 0) is 6.54 Å². The Balaban J connectivity index is 2.50. The summed E-state index contributed by atoms with van der Waals surface area (Å²) in [6.07, 6.45) is 0. The topological polar surface area (TPSA) is 108 Å². The Kier molecular flexibility index (Phi) is 2.61. The first-order chi connectivity index (χ1) is 7.72. The van der Waals surface area contributed by atoms with Crippen molar-refractivity contribution < 1.29 is 9.45 Å². The summed E-state index contributed by atoms with van der Waals surface area (Å²) in [5.41, 5.74) is 5.56. The van der Waals surface area contributed by atoms with E-state index < -0.39 is 4.92 Å². The molecule has 0 fully saturated rings. The lowest BCUT2D eigenvalue weighted by molar-refractivity contribution is -0.384. The van der Waals surface area contributed by atoms with Crippen molar-refractivity contribution in [3.05, 3.63) is 40.3 Å². The molecule has 0 aliphatic heterocycles. The molecule has 7 nitrogen and oxygen atoms in total. The molecule has 1 aromatic carbocycles. The molecule has 0 spiro atoms. The lowest BCUT2D eigenvalue weighted by atomic mass is 10.2. The SMILES string of the molecule is NCc1nc(-c2ccccc2[N+](=O)[O-])no1. The predicted octanol–water partition coefficient (Wildman–Crippen LogP) is 1.10. The highest BCUT2D eigenvalue weighted by molar-refractivity contribution is 5.67. The largest absolute Gasteiger partial charge is 0.338 e. The van der Waals surface area contributed by atoms with Crippen molar-refractivity contribution in [1.82, 2.24) is 10.1 Å². The van der Waals surface area contributed by atoms with Gasteiger partial charge in [0.1, 0.15) is 5.56 Å². The van der Waals surface area contributed by atoms with Crippen molar-refractivity contribution in [2.45, 2.75) is 6.54 Å². The summed E-state index contributed by atoms with van der Waals surface area (Å²) < 4.78 is 4.79. The van der Waals surface area contributed by atoms with Crippen LogP contribution in [0.4, 0.5) is 5.69 Å². The lowest BCUT2D eigenvalue weighted by Crippen LogP contribution is -1.96. The zero-order valence-electron chi connectivity index (χ0n) is 8.16. The Bertz CT molecular complexity index is 523. The van der Waals surface area contributed by atoms with Gasteiger partial charge in [-0.15, -0.1) is 0 Å². The fourth-order valence-corrected chi connectivity index (χ4v) is 1.27. The standard InChI is InChI=1S/C9H8N4O3/c10-5-8-11-9(12-16-8)6-3-1-2-4-7(6)13(14)15/h1-4H,5,10H2. The quantitative estimate of drug-likeness (QED) is 0.612. The van der Waals surface area contributed by atoms with E-state index in [1.54, 1.807) is 18.2 Å². The molecule has 2 aromatic rings. The zero-order valence-corrected chi connectivity index (χ0v) is 8.16. The van der Waals surface area contributed by atoms with E-state index in [1.807, 2.05) is 0 Å². The summed E-state index contributed by atoms with van der Waals surface area (Å²) >= 11 is 0. The van der Waals surface area contributed by atoms with Gasteiger partial charge in [0.2, 0.25) is 11.7 Å². The number of nitrogens with zero attached hydrogens (tertiary/aromatic N) is 3. The van der Waals surface area contributed by atoms with Gasteiger partial charge in [-0.2, -0.15) is 4.98 Å². The highest BCUT2D eigenvalue weighted by Crippen LogP contribution is 2.26. The summed E-state index contributed by atoms with van der Waals surface area (Å²) in [6, 6.07) is 6.18. The first kappa shape index (κ1) is 10.2. The fraction of sp³-hybridized carbons (Fsp3) is 0.111. The minimum absolute atomic E-state index is 0.0631. The highest BCUT2D eigenvalue weighted by atomic mass is 16.6. The Morgan fingerprint density at radius 3 is 2.81 bits per heavy atom. The van der Waals surface area contributed by atoms with E-state index in [2.05, 4.69) is 10.1 Å². The lowest BCUT2D eigenvalue weighted by Gasteiger charge is -1.95. The molecule has 0 bridgehead atoms. The summed E-state index contributed by atoms with van der Waals surface area (Å²) in [7, 11) is 0. The molecule has 0 atom stereocenters. The maximum absolute atomic E-state index is 10.8. The number of nitro groups is 1. The van der Waals surface area contributed by atoms with Gasteiger partial charge in [0.05, 0.1) is 11.5 Å². The van der Waals surface area contributed by atoms with Gasteiger partial charge in [0.25, 0.3) is 5.69 Å². The van der Waals surface area contributed by atoms with Crippen molar-refractivity contribution in [2.24, 2.45) is 5.73 Å². The average Bonchev–Trinajstić information content (AvgIpc) is 2.77. The van der Waals surface area contributed by atoms with Gasteiger partial charge in [0.15, 0.2) is 0 Å². The van der Waals surface area contributed by atoms with E-state index >= 15 is 0 Å². The van der Waals surface area contributed by atoms with Gasteiger partial charge in [0, 0.05) is 6.07 Å². The van der Waals surface area contributed by atoms with Crippen LogP contribution < -0.4 is 5.73 Å². The Morgan fingerprint density at radius 2 is 2.19 bits per heavy atom. The number of para-hydroxylation sites is 1. The minimum Gasteiger partial charge on any atom is -0.338 e. The van der Waals surface area contributed by atoms with E-state index in [9.17, 15) is 10.1 Å². The molecule has 1 heterocycles. The minimum atomic E-state index is -0.492. The molecule has 0 aliphatic rings. The monoisotopic (exact) mass is 220 g/mol. The van der Waals surface area contributed by atoms with Crippen LogP contribution in [0.25, 0.3) is 11.4 Å². The number of aromatic nitrogens is 2. The molecule has 0 saturated heterocycles. The normalized spacial score (nSPS) is 10.3. The molecule has 2 rings (SSSR count). The van der Waals surface area contributed by atoms with Crippen molar-refractivity contribution in [3.8, 4) is 11.4 Å². The van der Waals surface area contributed by atoms with Gasteiger partial charge in [-0.25, -0.2) is 0 Å². The van der Waals surface area contributed by atoms with E-state index in [4.69, 9.17) is 10.3 Å². The number of hydrogen-bond donors (Lipinski definition) is 1. The Morgan fingerprint density at radius 1 is 1.44 bits per heavy atom. The number of benzene rings is 1. The molecule has 16 heavy (non-hydrogen) atoms. The van der Waals surface area contributed by atoms with Crippen LogP contribution in [0.2, 0.25) is 0 Å². The molecule has 2 N–H and O–H groups in total. The van der Waals surface area contributed by atoms with Crippen LogP contribution >= 0.6 is 0 Å². The van der Waals surface area contributed by atoms with Gasteiger partial charge in [-0.05, 0) is 6.07 Å². The first-order valence-electron chi connectivity index (χ1n) is 4.49. The van der Waals surface area contributed by atoms with E-state index in [-0.39, 0.29) is 23.9 Å². The summed E-state index contributed by atoms with van der Waals surface area (Å²) in [5, 5.41) is 14.4. The van der Waals surface area contributed by atoms with Crippen LogP contribution in [0.1, 0.15) is 5.89 Å². The van der Waals surface area contributed by atoms with Gasteiger partial charge < -0.3 is 10.3 Å². The third kappa shape index (κ3) is 1.75. The van der Waals surface area contributed by atoms with Crippen LogP contribution in [0.5, 0.6) is 0 Å². The van der Waals surface area contributed by atoms with E-state index in [0.717, 1.165) is 0 Å². The number of nitro benzene ring substituents is 1. The third-order valence-corrected chi connectivity index (χ3v) is 1.98. The molecule has 0 unspecified atom stereocenters. The second kappa shape index (κ2) is 4.07. The van der Waals surface area contributed by atoms with E-state index in [1.165, 1.54) is 6.07 Å². The summed E-state index contributed by atoms with van der Waals surface area (Å²) in [6.45, 7) is 0.105. The number of nitrogens with two attached hydrogens (primary N) is 1. The van der Waals surface area contributed by atoms with Crippen LogP contribution in [0, 0.1) is 10.1 Å². The molecule has 1 aromatic heterocycles. The van der Waals surface area contributed by atoms with Crippen LogP contribution in [0.3, 0.4) is 0 Å². The second-order valence-corrected chi connectivity index (χ2v) is 2.99. The van der Waals surface area contributed by atoms with Gasteiger partial charge >= 0.3 is 0 Å². The maximum Gasteiger partial charge on any atom is 0.280 e. The molecule has 0 saturated carbocycles. The molecule has 82 valence electrons. The molecule has 0 aliphatic carbocycles. The number of rotatable bonds is 3. The van der Waals surface area contributed by atoms with Gasteiger partial charge in [-0.3, -0.25) is 10.1 Å². The zero-order chi connectivity index (χ0) is 11.5. The number of hydrogen-bond acceptors (Lipinski definition) is 6. The van der Waals surface area contributed by atoms with Gasteiger partial charge in [-0.1, -0.05) is 17.3 Å². The predicted molar refractivity (Wildman–Crippen MR) is 54.3 cm³/mol. The third-order valence-electron chi connectivity index (χ3n) is 1.98. The summed E-state index contributed by atoms with van der Waals surface area (Å²) in [4.78, 5) is 14.2. The molecule has 0 amide bonds. The van der Waals surface area contributed by atoms with Crippen LogP contribution in [0.15, 0.2) is 28.8 Å². The van der Waals surface area contributed by atoms with Crippen LogP contribution in [-0.4, -0.2) is 15.1 Å². The fourth-order valence-electron chi connectivity index (χ4n) is 1.27. The molecule has 0 radical (unpaired) electrons. The van der Waals surface area contributed by atoms with Crippen molar-refractivity contribution >= 4 is 5.69 Å². The summed E-state index contributed by atoms with van der Waals surface area (Å²) in [5.74, 6) is 0.418. The van der Waals surface area contributed by atoms with Crippen molar-refractivity contribution in [1.29, 1.82) is 0 Å². The van der Waals surface area contributed by atoms with E-state index in [0.29, 0.717) is 5.56 Å². The Labute approximate surface area is 90.0 Å². The molecular weight excluding hydrogens is 212 g/mol. The average molecular weight is 220 g/mol. The molecule has 7 heteroatoms. The van der Waals surface area contributed by atoms with Crippen molar-refractivity contribution in [3.63, 3.8) is 0 Å².